The van der Waals surface area contributed by atoms with Crippen LogP contribution in [0, 0.1) is 11.8 Å². The van der Waals surface area contributed by atoms with Gasteiger partial charge in [0.05, 0.1) is 12.2 Å². The molecule has 2 aromatic rings. The lowest BCUT2D eigenvalue weighted by Crippen LogP contribution is -2.35. The Balaban J connectivity index is 1.72. The maximum atomic E-state index is 13.7. The summed E-state index contributed by atoms with van der Waals surface area (Å²) in [5, 5.41) is 0. The van der Waals surface area contributed by atoms with Crippen molar-refractivity contribution in [2.75, 3.05) is 4.90 Å². The molecule has 1 saturated carbocycles. The van der Waals surface area contributed by atoms with E-state index in [1.165, 1.54) is 29.5 Å². The van der Waals surface area contributed by atoms with Gasteiger partial charge in [0.1, 0.15) is 0 Å². The number of halogens is 3. The van der Waals surface area contributed by atoms with E-state index in [0.29, 0.717) is 23.8 Å². The van der Waals surface area contributed by atoms with Gasteiger partial charge in [-0.2, -0.15) is 21.6 Å². The van der Waals surface area contributed by atoms with Gasteiger partial charge in [-0.25, -0.2) is 0 Å². The van der Waals surface area contributed by atoms with Crippen LogP contribution in [0.4, 0.5) is 18.9 Å². The number of carbonyl (C=O) groups excluding carboxylic acids is 1. The lowest BCUT2D eigenvalue weighted by molar-refractivity contribution is -0.115. The molecule has 0 N–H and O–H groups in total. The van der Waals surface area contributed by atoms with Crippen molar-refractivity contribution in [3.05, 3.63) is 71.8 Å². The van der Waals surface area contributed by atoms with E-state index in [2.05, 4.69) is 4.18 Å². The molecule has 0 bridgehead atoms. The summed E-state index contributed by atoms with van der Waals surface area (Å²) in [4.78, 5) is 15.0. The molecule has 1 amide bonds. The molecule has 0 aliphatic heterocycles. The molecule has 2 aliphatic carbocycles. The van der Waals surface area contributed by atoms with Gasteiger partial charge in [0.15, 0.2) is 5.75 Å². The minimum absolute atomic E-state index is 0.0316. The van der Waals surface area contributed by atoms with Crippen LogP contribution < -0.4 is 9.08 Å². The van der Waals surface area contributed by atoms with Crippen molar-refractivity contribution in [2.45, 2.75) is 50.6 Å². The molecule has 0 spiro atoms. The quantitative estimate of drug-likeness (QED) is 0.367. The Morgan fingerprint density at radius 1 is 0.971 bits per heavy atom. The van der Waals surface area contributed by atoms with Crippen LogP contribution in [-0.4, -0.2) is 19.8 Å². The fraction of sp³-hybridized carbons (Fsp3) is 0.400. The molecule has 182 valence electrons. The van der Waals surface area contributed by atoms with Crippen LogP contribution in [0.1, 0.15) is 44.1 Å². The Kier molecular flexibility index (Phi) is 7.02. The van der Waals surface area contributed by atoms with Gasteiger partial charge in [0.2, 0.25) is 0 Å². The van der Waals surface area contributed by atoms with Crippen LogP contribution >= 0.6 is 0 Å². The van der Waals surface area contributed by atoms with E-state index < -0.39 is 21.4 Å². The number of allylic oxidation sites excluding steroid dienone is 1. The van der Waals surface area contributed by atoms with Crippen molar-refractivity contribution in [3.8, 4) is 5.75 Å². The SMILES string of the molecule is O=C(C1=C[C@H]2CCCC[C@@H]2CC1)N(Cc1ccccc1)c1ccccc1OS(=O)(=O)C(F)(F)F. The summed E-state index contributed by atoms with van der Waals surface area (Å²) in [6.45, 7) is 0.0531. The highest BCUT2D eigenvalue weighted by molar-refractivity contribution is 7.88. The monoisotopic (exact) mass is 493 g/mol. The molecule has 2 aliphatic rings. The number of anilines is 1. The van der Waals surface area contributed by atoms with Crippen molar-refractivity contribution >= 4 is 21.7 Å². The lowest BCUT2D eigenvalue weighted by atomic mass is 9.72. The van der Waals surface area contributed by atoms with E-state index in [-0.39, 0.29) is 18.1 Å². The second kappa shape index (κ2) is 9.82. The smallest absolute Gasteiger partial charge is 0.374 e. The third kappa shape index (κ3) is 5.29. The average molecular weight is 494 g/mol. The number of hydrogen-bond acceptors (Lipinski definition) is 4. The molecule has 2 aromatic carbocycles. The first-order chi connectivity index (χ1) is 16.2. The number of nitrogens with zero attached hydrogens (tertiary/aromatic N) is 1. The van der Waals surface area contributed by atoms with E-state index in [9.17, 15) is 26.4 Å². The number of fused-ring (bicyclic) bond motifs is 1. The lowest BCUT2D eigenvalue weighted by Gasteiger charge is -2.35. The second-order valence-corrected chi connectivity index (χ2v) is 10.3. The van der Waals surface area contributed by atoms with Crippen LogP contribution in [0.15, 0.2) is 66.2 Å². The molecule has 5 nitrogen and oxygen atoms in total. The van der Waals surface area contributed by atoms with Gasteiger partial charge in [-0.3, -0.25) is 4.79 Å². The molecule has 0 radical (unpaired) electrons. The van der Waals surface area contributed by atoms with Crippen LogP contribution in [-0.2, 0) is 21.5 Å². The summed E-state index contributed by atoms with van der Waals surface area (Å²) in [5.74, 6) is -0.0260. The predicted molar refractivity (Wildman–Crippen MR) is 122 cm³/mol. The van der Waals surface area contributed by atoms with Gasteiger partial charge in [-0.15, -0.1) is 0 Å². The van der Waals surface area contributed by atoms with Gasteiger partial charge in [0, 0.05) is 5.57 Å². The molecule has 0 heterocycles. The minimum Gasteiger partial charge on any atom is -0.374 e. The topological polar surface area (TPSA) is 63.7 Å². The Labute approximate surface area is 197 Å². The highest BCUT2D eigenvalue weighted by Crippen LogP contribution is 2.41. The number of amides is 1. The number of alkyl halides is 3. The maximum absolute atomic E-state index is 13.7. The zero-order valence-electron chi connectivity index (χ0n) is 18.5. The Bertz CT molecular complexity index is 1160. The second-order valence-electron chi connectivity index (χ2n) is 8.77. The van der Waals surface area contributed by atoms with Gasteiger partial charge in [0.25, 0.3) is 5.91 Å². The number of carbonyl (C=O) groups is 1. The number of hydrogen-bond donors (Lipinski definition) is 0. The first-order valence-electron chi connectivity index (χ1n) is 11.3. The summed E-state index contributed by atoms with van der Waals surface area (Å²) in [7, 11) is -5.90. The van der Waals surface area contributed by atoms with Gasteiger partial charge < -0.3 is 9.08 Å². The van der Waals surface area contributed by atoms with Gasteiger partial charge >= 0.3 is 15.6 Å². The Hall–Kier alpha value is -2.81. The molecular formula is C25H26F3NO4S. The normalized spacial score (nSPS) is 20.7. The molecule has 0 unspecified atom stereocenters. The van der Waals surface area contributed by atoms with Crippen molar-refractivity contribution in [3.63, 3.8) is 0 Å². The van der Waals surface area contributed by atoms with Crippen molar-refractivity contribution in [1.29, 1.82) is 0 Å². The van der Waals surface area contributed by atoms with E-state index >= 15 is 0 Å². The predicted octanol–water partition coefficient (Wildman–Crippen LogP) is 5.97. The van der Waals surface area contributed by atoms with Crippen molar-refractivity contribution in [1.82, 2.24) is 0 Å². The minimum atomic E-state index is -5.90. The molecule has 0 saturated heterocycles. The zero-order chi connectivity index (χ0) is 24.3. The maximum Gasteiger partial charge on any atom is 0.534 e. The fourth-order valence-corrected chi connectivity index (χ4v) is 5.27. The highest BCUT2D eigenvalue weighted by atomic mass is 32.2. The van der Waals surface area contributed by atoms with Crippen LogP contribution in [0.3, 0.4) is 0 Å². The Morgan fingerprint density at radius 3 is 2.38 bits per heavy atom. The molecule has 1 fully saturated rings. The molecule has 4 rings (SSSR count). The number of para-hydroxylation sites is 2. The van der Waals surface area contributed by atoms with E-state index in [0.717, 1.165) is 37.3 Å². The average Bonchev–Trinajstić information content (AvgIpc) is 2.82. The van der Waals surface area contributed by atoms with Gasteiger partial charge in [-0.05, 0) is 55.2 Å². The molecule has 34 heavy (non-hydrogen) atoms. The van der Waals surface area contributed by atoms with E-state index in [1.807, 2.05) is 12.1 Å². The first-order valence-corrected chi connectivity index (χ1v) is 12.7. The standard InChI is InChI=1S/C25H26F3NO4S/c26-25(27,28)34(31,32)33-23-13-7-6-12-22(23)29(17-18-8-2-1-3-9-18)24(30)21-15-14-19-10-4-5-11-20(19)16-21/h1-3,6-9,12-13,16,19-20H,4-5,10-11,14-15,17H2/t19-,20-/m1/s1. The zero-order valence-corrected chi connectivity index (χ0v) is 19.3. The largest absolute Gasteiger partial charge is 0.534 e. The van der Waals surface area contributed by atoms with Crippen molar-refractivity contribution < 1.29 is 30.6 Å². The van der Waals surface area contributed by atoms with Gasteiger partial charge in [-0.1, -0.05) is 61.4 Å². The van der Waals surface area contributed by atoms with Crippen LogP contribution in [0.2, 0.25) is 0 Å². The molecule has 0 aromatic heterocycles. The summed E-state index contributed by atoms with van der Waals surface area (Å²) in [5.41, 5.74) is -4.27. The number of benzene rings is 2. The molecule has 2 atom stereocenters. The summed E-state index contributed by atoms with van der Waals surface area (Å²) in [6, 6.07) is 14.4. The molecule has 9 heteroatoms. The molecular weight excluding hydrogens is 467 g/mol. The third-order valence-corrected chi connectivity index (χ3v) is 7.48. The summed E-state index contributed by atoms with van der Waals surface area (Å²) in [6.07, 6.45) is 7.95. The Morgan fingerprint density at radius 2 is 1.65 bits per heavy atom. The van der Waals surface area contributed by atoms with Crippen LogP contribution in [0.5, 0.6) is 5.75 Å². The van der Waals surface area contributed by atoms with E-state index in [4.69, 9.17) is 0 Å². The summed E-state index contributed by atoms with van der Waals surface area (Å²) < 4.78 is 66.9. The highest BCUT2D eigenvalue weighted by Gasteiger charge is 2.49. The first kappa shape index (κ1) is 24.3. The fourth-order valence-electron chi connectivity index (χ4n) is 4.80. The number of rotatable bonds is 6. The van der Waals surface area contributed by atoms with Crippen LogP contribution in [0.25, 0.3) is 0 Å². The summed E-state index contributed by atoms with van der Waals surface area (Å²) >= 11 is 0. The third-order valence-electron chi connectivity index (χ3n) is 6.51. The van der Waals surface area contributed by atoms with Crippen molar-refractivity contribution in [2.24, 2.45) is 11.8 Å². The van der Waals surface area contributed by atoms with E-state index in [1.54, 1.807) is 24.3 Å².